The van der Waals surface area contributed by atoms with Gasteiger partial charge in [-0.25, -0.2) is 4.98 Å². The number of benzene rings is 2. The van der Waals surface area contributed by atoms with E-state index in [0.29, 0.717) is 29.3 Å². The van der Waals surface area contributed by atoms with Gasteiger partial charge in [-0.1, -0.05) is 18.2 Å². The fourth-order valence-corrected chi connectivity index (χ4v) is 2.32. The normalized spacial score (nSPS) is 11.5. The van der Waals surface area contributed by atoms with E-state index in [-0.39, 0.29) is 18.0 Å². The Kier molecular flexibility index (Phi) is 5.13. The number of halogens is 3. The molecule has 0 bridgehead atoms. The summed E-state index contributed by atoms with van der Waals surface area (Å²) in [5.74, 6) is 0.293. The summed E-state index contributed by atoms with van der Waals surface area (Å²) in [6.45, 7) is 0.482. The zero-order chi connectivity index (χ0) is 18.6. The highest BCUT2D eigenvalue weighted by atomic mass is 19.4. The quantitative estimate of drug-likeness (QED) is 0.685. The van der Waals surface area contributed by atoms with E-state index in [9.17, 15) is 18.3 Å². The number of aromatic nitrogens is 1. The van der Waals surface area contributed by atoms with Crippen LogP contribution in [0.4, 0.5) is 13.2 Å². The number of nitrogens with one attached hydrogen (secondary N) is 1. The van der Waals surface area contributed by atoms with Crippen molar-refractivity contribution in [3.05, 3.63) is 66.1 Å². The summed E-state index contributed by atoms with van der Waals surface area (Å²) in [7, 11) is 0. The van der Waals surface area contributed by atoms with E-state index in [1.54, 1.807) is 24.3 Å². The number of hydrogen-bond donors (Lipinski definition) is 2. The molecule has 2 N–H and O–H groups in total. The largest absolute Gasteiger partial charge is 0.573 e. The topological polar surface area (TPSA) is 67.5 Å². The predicted octanol–water partition coefficient (Wildman–Crippen LogP) is 4.24. The van der Waals surface area contributed by atoms with Gasteiger partial charge < -0.3 is 19.6 Å². The van der Waals surface area contributed by atoms with Gasteiger partial charge >= 0.3 is 6.36 Å². The maximum absolute atomic E-state index is 12.4. The minimum absolute atomic E-state index is 0.141. The molecule has 26 heavy (non-hydrogen) atoms. The van der Waals surface area contributed by atoms with Gasteiger partial charge in [0, 0.05) is 24.2 Å². The van der Waals surface area contributed by atoms with Crippen molar-refractivity contribution < 1.29 is 27.4 Å². The second-order valence-electron chi connectivity index (χ2n) is 5.45. The minimum Gasteiger partial charge on any atom is -0.508 e. The van der Waals surface area contributed by atoms with E-state index in [2.05, 4.69) is 15.0 Å². The van der Waals surface area contributed by atoms with Gasteiger partial charge in [0.2, 0.25) is 5.89 Å². The second kappa shape index (κ2) is 7.49. The Balaban J connectivity index is 1.60. The summed E-state index contributed by atoms with van der Waals surface area (Å²) in [6.07, 6.45) is -3.27. The van der Waals surface area contributed by atoms with Crippen molar-refractivity contribution in [2.75, 3.05) is 0 Å². The van der Waals surface area contributed by atoms with Gasteiger partial charge in [-0.2, -0.15) is 0 Å². The Hall–Kier alpha value is -3.00. The van der Waals surface area contributed by atoms with Crippen LogP contribution in [0.15, 0.2) is 59.2 Å². The molecular formula is C18H15F3N2O3. The highest BCUT2D eigenvalue weighted by molar-refractivity contribution is 5.54. The molecule has 2 aromatic carbocycles. The van der Waals surface area contributed by atoms with Crippen molar-refractivity contribution in [2.45, 2.75) is 19.5 Å². The lowest BCUT2D eigenvalue weighted by Crippen LogP contribution is -2.20. The molecule has 0 amide bonds. The van der Waals surface area contributed by atoms with Gasteiger partial charge in [-0.05, 0) is 30.3 Å². The third-order valence-corrected chi connectivity index (χ3v) is 3.49. The summed E-state index contributed by atoms with van der Waals surface area (Å²) in [6, 6.07) is 12.3. The first-order chi connectivity index (χ1) is 12.4. The third kappa shape index (κ3) is 4.76. The van der Waals surface area contributed by atoms with Gasteiger partial charge in [0.05, 0.1) is 5.69 Å². The zero-order valence-corrected chi connectivity index (χ0v) is 13.5. The second-order valence-corrected chi connectivity index (χ2v) is 5.45. The molecule has 0 aliphatic rings. The van der Waals surface area contributed by atoms with Gasteiger partial charge in [-0.3, -0.25) is 0 Å². The number of ether oxygens (including phenoxy) is 1. The van der Waals surface area contributed by atoms with Gasteiger partial charge in [0.15, 0.2) is 0 Å². The van der Waals surface area contributed by atoms with E-state index in [4.69, 9.17) is 4.42 Å². The number of phenols is 1. The average Bonchev–Trinajstić information content (AvgIpc) is 3.05. The van der Waals surface area contributed by atoms with Crippen molar-refractivity contribution in [3.8, 4) is 23.0 Å². The number of nitrogens with zero attached hydrogens (tertiary/aromatic N) is 1. The predicted molar refractivity (Wildman–Crippen MR) is 87.3 cm³/mol. The van der Waals surface area contributed by atoms with Crippen LogP contribution in [0.25, 0.3) is 11.5 Å². The fraction of sp³-hybridized carbons (Fsp3) is 0.167. The van der Waals surface area contributed by atoms with Crippen molar-refractivity contribution in [2.24, 2.45) is 0 Å². The molecule has 0 spiro atoms. The van der Waals surface area contributed by atoms with Crippen LogP contribution in [0.1, 0.15) is 11.3 Å². The maximum Gasteiger partial charge on any atom is 0.573 e. The Morgan fingerprint density at radius 2 is 1.77 bits per heavy atom. The van der Waals surface area contributed by atoms with E-state index >= 15 is 0 Å². The highest BCUT2D eigenvalue weighted by Gasteiger charge is 2.31. The Morgan fingerprint density at radius 1 is 1.04 bits per heavy atom. The summed E-state index contributed by atoms with van der Waals surface area (Å²) >= 11 is 0. The number of para-hydroxylation sites is 1. The lowest BCUT2D eigenvalue weighted by molar-refractivity contribution is -0.274. The summed E-state index contributed by atoms with van der Waals surface area (Å²) in [5, 5.41) is 12.3. The molecule has 3 rings (SSSR count). The number of phenolic OH excluding ortho intramolecular Hbond substituents is 1. The minimum atomic E-state index is -4.73. The molecule has 3 aromatic rings. The molecule has 0 radical (unpaired) electrons. The van der Waals surface area contributed by atoms with Crippen molar-refractivity contribution in [3.63, 3.8) is 0 Å². The lowest BCUT2D eigenvalue weighted by atomic mass is 10.2. The van der Waals surface area contributed by atoms with E-state index in [1.165, 1.54) is 30.5 Å². The molecular weight excluding hydrogens is 349 g/mol. The monoisotopic (exact) mass is 364 g/mol. The lowest BCUT2D eigenvalue weighted by Gasteiger charge is -2.13. The van der Waals surface area contributed by atoms with Crippen molar-refractivity contribution in [1.29, 1.82) is 0 Å². The Bertz CT molecular complexity index is 861. The van der Waals surface area contributed by atoms with Crippen LogP contribution in [0, 0.1) is 0 Å². The molecule has 0 saturated heterocycles. The molecule has 5 nitrogen and oxygen atoms in total. The number of aromatic hydroxyl groups is 1. The summed E-state index contributed by atoms with van der Waals surface area (Å²) < 4.78 is 46.6. The molecule has 8 heteroatoms. The van der Waals surface area contributed by atoms with Crippen LogP contribution in [-0.2, 0) is 13.1 Å². The van der Waals surface area contributed by atoms with Crippen LogP contribution in [0.2, 0.25) is 0 Å². The van der Waals surface area contributed by atoms with Crippen LogP contribution in [-0.4, -0.2) is 16.5 Å². The first kappa shape index (κ1) is 17.8. The SMILES string of the molecule is Oc1ccc(-c2nc(CNCc3ccccc3OC(F)(F)F)co2)cc1. The zero-order valence-electron chi connectivity index (χ0n) is 13.5. The maximum atomic E-state index is 12.4. The van der Waals surface area contributed by atoms with Crippen molar-refractivity contribution >= 4 is 0 Å². The van der Waals surface area contributed by atoms with E-state index < -0.39 is 6.36 Å². The molecule has 0 unspecified atom stereocenters. The van der Waals surface area contributed by atoms with Crippen LogP contribution >= 0.6 is 0 Å². The van der Waals surface area contributed by atoms with Gasteiger partial charge in [0.1, 0.15) is 17.8 Å². The number of oxazole rings is 1. The number of alkyl halides is 3. The fourth-order valence-electron chi connectivity index (χ4n) is 2.32. The van der Waals surface area contributed by atoms with Crippen LogP contribution < -0.4 is 10.1 Å². The molecule has 136 valence electrons. The number of rotatable bonds is 6. The molecule has 0 fully saturated rings. The van der Waals surface area contributed by atoms with E-state index in [1.807, 2.05) is 0 Å². The average molecular weight is 364 g/mol. The molecule has 0 atom stereocenters. The Labute approximate surface area is 147 Å². The molecule has 0 aliphatic carbocycles. The van der Waals surface area contributed by atoms with Crippen molar-refractivity contribution in [1.82, 2.24) is 10.3 Å². The highest BCUT2D eigenvalue weighted by Crippen LogP contribution is 2.26. The molecule has 0 saturated carbocycles. The van der Waals surface area contributed by atoms with Gasteiger partial charge in [0.25, 0.3) is 0 Å². The third-order valence-electron chi connectivity index (χ3n) is 3.49. The van der Waals surface area contributed by atoms with Gasteiger partial charge in [-0.15, -0.1) is 13.2 Å². The summed E-state index contributed by atoms with van der Waals surface area (Å²) in [5.41, 5.74) is 1.69. The van der Waals surface area contributed by atoms with E-state index in [0.717, 1.165) is 0 Å². The standard InChI is InChI=1S/C18H15F3N2O3/c19-18(20,21)26-16-4-2-1-3-13(16)9-22-10-14-11-25-17(23-14)12-5-7-15(24)8-6-12/h1-8,11,22,24H,9-10H2. The first-order valence-electron chi connectivity index (χ1n) is 7.69. The first-order valence-corrected chi connectivity index (χ1v) is 7.69. The Morgan fingerprint density at radius 3 is 2.50 bits per heavy atom. The molecule has 1 aromatic heterocycles. The van der Waals surface area contributed by atoms with Crippen LogP contribution in [0.5, 0.6) is 11.5 Å². The number of hydrogen-bond acceptors (Lipinski definition) is 5. The molecule has 1 heterocycles. The smallest absolute Gasteiger partial charge is 0.508 e. The van der Waals surface area contributed by atoms with Crippen LogP contribution in [0.3, 0.4) is 0 Å². The molecule has 0 aliphatic heterocycles. The summed E-state index contributed by atoms with van der Waals surface area (Å²) in [4.78, 5) is 4.30.